The first-order valence-electron chi connectivity index (χ1n) is 10.7. The SMILES string of the molecule is Cc1ncnc2c1ccn2[C@@H]1O[C@@H]2[C@@H](Oc3ccc4cc(Cl)c(N)nc4c3)CC[C@]2(O)C1O. The van der Waals surface area contributed by atoms with Gasteiger partial charge in [0.15, 0.2) is 6.23 Å². The zero-order valence-electron chi connectivity index (χ0n) is 17.7. The summed E-state index contributed by atoms with van der Waals surface area (Å²) in [5.41, 5.74) is 6.54. The molecule has 2 aliphatic rings. The molecule has 3 aromatic heterocycles. The van der Waals surface area contributed by atoms with Gasteiger partial charge in [-0.3, -0.25) is 0 Å². The maximum Gasteiger partial charge on any atom is 0.164 e. The predicted molar refractivity (Wildman–Crippen MR) is 122 cm³/mol. The Labute approximate surface area is 193 Å². The lowest BCUT2D eigenvalue weighted by molar-refractivity contribution is -0.0791. The molecule has 1 saturated carbocycles. The number of nitrogens with two attached hydrogens (primary N) is 1. The van der Waals surface area contributed by atoms with Gasteiger partial charge in [-0.05, 0) is 44.0 Å². The molecule has 2 fully saturated rings. The molecule has 0 spiro atoms. The number of aromatic nitrogens is 4. The number of hydrogen-bond donors (Lipinski definition) is 3. The van der Waals surface area contributed by atoms with E-state index in [1.54, 1.807) is 22.9 Å². The number of halogens is 1. The first-order valence-corrected chi connectivity index (χ1v) is 11.1. The Kier molecular flexibility index (Phi) is 4.54. The fourth-order valence-electron chi connectivity index (χ4n) is 5.01. The second-order valence-electron chi connectivity index (χ2n) is 8.71. The Morgan fingerprint density at radius 3 is 2.97 bits per heavy atom. The van der Waals surface area contributed by atoms with Gasteiger partial charge in [0.25, 0.3) is 0 Å². The number of rotatable bonds is 3. The number of aliphatic hydroxyl groups excluding tert-OH is 1. The van der Waals surface area contributed by atoms with Crippen molar-refractivity contribution in [2.75, 3.05) is 5.73 Å². The summed E-state index contributed by atoms with van der Waals surface area (Å²) in [6.07, 6.45) is 1.07. The second kappa shape index (κ2) is 7.26. The van der Waals surface area contributed by atoms with Gasteiger partial charge in [0, 0.05) is 23.0 Å². The highest BCUT2D eigenvalue weighted by atomic mass is 35.5. The van der Waals surface area contributed by atoms with Gasteiger partial charge in [0.2, 0.25) is 0 Å². The van der Waals surface area contributed by atoms with Crippen molar-refractivity contribution in [3.63, 3.8) is 0 Å². The zero-order valence-corrected chi connectivity index (χ0v) is 18.5. The van der Waals surface area contributed by atoms with Gasteiger partial charge in [0.05, 0.1) is 16.2 Å². The minimum Gasteiger partial charge on any atom is -0.488 e. The van der Waals surface area contributed by atoms with Gasteiger partial charge in [-0.1, -0.05) is 11.6 Å². The molecule has 0 amide bonds. The third-order valence-electron chi connectivity index (χ3n) is 6.77. The summed E-state index contributed by atoms with van der Waals surface area (Å²) in [5, 5.41) is 24.5. The summed E-state index contributed by atoms with van der Waals surface area (Å²) in [6.45, 7) is 1.90. The topological polar surface area (TPSA) is 129 Å². The minimum atomic E-state index is -1.43. The van der Waals surface area contributed by atoms with Crippen molar-refractivity contribution < 1.29 is 19.7 Å². The second-order valence-corrected chi connectivity index (χ2v) is 9.11. The molecule has 4 heterocycles. The number of hydrogen-bond acceptors (Lipinski definition) is 8. The zero-order chi connectivity index (χ0) is 22.9. The normalized spacial score (nSPS) is 29.1. The number of pyridine rings is 1. The number of ether oxygens (including phenoxy) is 2. The van der Waals surface area contributed by atoms with E-state index in [9.17, 15) is 10.2 Å². The highest BCUT2D eigenvalue weighted by Crippen LogP contribution is 2.48. The average Bonchev–Trinajstić information content (AvgIpc) is 3.42. The van der Waals surface area contributed by atoms with Gasteiger partial charge in [-0.25, -0.2) is 15.0 Å². The summed E-state index contributed by atoms with van der Waals surface area (Å²) >= 11 is 6.06. The number of nitrogens with zero attached hydrogens (tertiary/aromatic N) is 4. The van der Waals surface area contributed by atoms with E-state index < -0.39 is 30.1 Å². The summed E-state index contributed by atoms with van der Waals surface area (Å²) in [6, 6.07) is 9.08. The van der Waals surface area contributed by atoms with Crippen LogP contribution in [0.1, 0.15) is 24.8 Å². The van der Waals surface area contributed by atoms with E-state index >= 15 is 0 Å². The van der Waals surface area contributed by atoms with Crippen LogP contribution in [-0.2, 0) is 4.74 Å². The van der Waals surface area contributed by atoms with Crippen molar-refractivity contribution in [2.45, 2.75) is 49.9 Å². The molecule has 0 radical (unpaired) electrons. The van der Waals surface area contributed by atoms with Crippen LogP contribution in [0.15, 0.2) is 42.9 Å². The molecular weight excluding hydrogens is 446 g/mol. The van der Waals surface area contributed by atoms with Crippen LogP contribution in [0.4, 0.5) is 5.82 Å². The number of aryl methyl sites for hydroxylation is 1. The van der Waals surface area contributed by atoms with Crippen LogP contribution in [0.25, 0.3) is 21.9 Å². The Balaban J connectivity index is 1.29. The van der Waals surface area contributed by atoms with Crippen LogP contribution in [0.3, 0.4) is 0 Å². The molecule has 170 valence electrons. The van der Waals surface area contributed by atoms with E-state index in [4.69, 9.17) is 26.8 Å². The van der Waals surface area contributed by atoms with Gasteiger partial charge in [-0.15, -0.1) is 0 Å². The maximum absolute atomic E-state index is 11.3. The summed E-state index contributed by atoms with van der Waals surface area (Å²) in [5.74, 6) is 0.821. The van der Waals surface area contributed by atoms with Crippen molar-refractivity contribution in [2.24, 2.45) is 0 Å². The molecule has 33 heavy (non-hydrogen) atoms. The fraction of sp³-hybridized carbons (Fsp3) is 0.348. The van der Waals surface area contributed by atoms with Crippen LogP contribution in [-0.4, -0.2) is 53.6 Å². The molecular formula is C23H22ClN5O4. The Morgan fingerprint density at radius 2 is 2.12 bits per heavy atom. The number of nitrogen functional groups attached to an aromatic ring is 1. The predicted octanol–water partition coefficient (Wildman–Crippen LogP) is 2.75. The molecule has 1 aromatic carbocycles. The van der Waals surface area contributed by atoms with Crippen molar-refractivity contribution in [1.29, 1.82) is 0 Å². The molecule has 0 bridgehead atoms. The number of fused-ring (bicyclic) bond motifs is 3. The van der Waals surface area contributed by atoms with E-state index in [0.717, 1.165) is 16.5 Å². The average molecular weight is 468 g/mol. The number of anilines is 1. The van der Waals surface area contributed by atoms with Crippen LogP contribution < -0.4 is 10.5 Å². The van der Waals surface area contributed by atoms with E-state index in [0.29, 0.717) is 34.8 Å². The summed E-state index contributed by atoms with van der Waals surface area (Å²) < 4.78 is 14.2. The lowest BCUT2D eigenvalue weighted by atomic mass is 9.94. The van der Waals surface area contributed by atoms with Gasteiger partial charge < -0.3 is 30.0 Å². The molecule has 9 nitrogen and oxygen atoms in total. The molecule has 6 rings (SSSR count). The van der Waals surface area contributed by atoms with Crippen molar-refractivity contribution >= 4 is 39.4 Å². The van der Waals surface area contributed by atoms with E-state index in [-0.39, 0.29) is 5.82 Å². The van der Waals surface area contributed by atoms with E-state index in [1.165, 1.54) is 6.33 Å². The standard InChI is InChI=1S/C23H22ClN5O4/c1-11-14-5-7-29(21(14)27-10-26-11)22-18(30)23(31)6-4-17(19(23)33-22)32-13-3-2-12-8-15(24)20(25)28-16(12)9-13/h2-3,5,7-10,17-19,22,30-31H,4,6H2,1H3,(H2,25,28)/t17-,18?,19+,22+,23-/m0/s1. The maximum atomic E-state index is 11.3. The highest BCUT2D eigenvalue weighted by molar-refractivity contribution is 6.33. The van der Waals surface area contributed by atoms with Crippen LogP contribution >= 0.6 is 11.6 Å². The Hall–Kier alpha value is -2.98. The highest BCUT2D eigenvalue weighted by Gasteiger charge is 2.62. The number of aliphatic hydroxyl groups is 2. The van der Waals surface area contributed by atoms with Crippen LogP contribution in [0, 0.1) is 6.92 Å². The Bertz CT molecular complexity index is 1390. The first-order chi connectivity index (χ1) is 15.8. The molecule has 10 heteroatoms. The third kappa shape index (κ3) is 3.07. The summed E-state index contributed by atoms with van der Waals surface area (Å²) in [7, 11) is 0. The minimum absolute atomic E-state index is 0.250. The van der Waals surface area contributed by atoms with Gasteiger partial charge in [-0.2, -0.15) is 0 Å². The quantitative estimate of drug-likeness (QED) is 0.419. The van der Waals surface area contributed by atoms with Crippen molar-refractivity contribution in [1.82, 2.24) is 19.5 Å². The van der Waals surface area contributed by atoms with Crippen molar-refractivity contribution in [3.8, 4) is 5.75 Å². The smallest absolute Gasteiger partial charge is 0.164 e. The van der Waals surface area contributed by atoms with Crippen LogP contribution in [0.2, 0.25) is 5.02 Å². The summed E-state index contributed by atoms with van der Waals surface area (Å²) in [4.78, 5) is 12.9. The third-order valence-corrected chi connectivity index (χ3v) is 7.07. The first kappa shape index (κ1) is 20.6. The fourth-order valence-corrected chi connectivity index (χ4v) is 5.17. The van der Waals surface area contributed by atoms with Crippen LogP contribution in [0.5, 0.6) is 5.75 Å². The molecule has 5 atom stereocenters. The van der Waals surface area contributed by atoms with Crippen molar-refractivity contribution in [3.05, 3.63) is 53.6 Å². The molecule has 4 N–H and O–H groups in total. The van der Waals surface area contributed by atoms with E-state index in [1.807, 2.05) is 25.1 Å². The lowest BCUT2D eigenvalue weighted by Crippen LogP contribution is -2.47. The van der Waals surface area contributed by atoms with Gasteiger partial charge in [0.1, 0.15) is 47.5 Å². The lowest BCUT2D eigenvalue weighted by Gasteiger charge is -2.26. The van der Waals surface area contributed by atoms with E-state index in [2.05, 4.69) is 15.0 Å². The van der Waals surface area contributed by atoms with Gasteiger partial charge >= 0.3 is 0 Å². The number of benzene rings is 1. The molecule has 4 aromatic rings. The largest absolute Gasteiger partial charge is 0.488 e. The molecule has 1 aliphatic carbocycles. The monoisotopic (exact) mass is 467 g/mol. The molecule has 1 aliphatic heterocycles. The molecule has 1 saturated heterocycles. The Morgan fingerprint density at radius 1 is 1.27 bits per heavy atom. The molecule has 1 unspecified atom stereocenters.